The third-order valence-electron chi connectivity index (χ3n) is 6.12. The van der Waals surface area contributed by atoms with Crippen molar-refractivity contribution in [3.8, 4) is 5.75 Å². The fraction of sp³-hybridized carbons (Fsp3) is 0.571. The molecule has 1 aromatic rings. The fourth-order valence-corrected chi connectivity index (χ4v) is 4.69. The number of nitrogens with one attached hydrogen (secondary N) is 2. The molecule has 0 amide bonds. The van der Waals surface area contributed by atoms with Crippen LogP contribution in [0.15, 0.2) is 35.9 Å². The molecule has 27 heavy (non-hydrogen) atoms. The third-order valence-corrected chi connectivity index (χ3v) is 6.12. The highest BCUT2D eigenvalue weighted by Gasteiger charge is 2.46. The lowest BCUT2D eigenvalue weighted by Crippen LogP contribution is -2.55. The van der Waals surface area contributed by atoms with Gasteiger partial charge < -0.3 is 10.4 Å². The van der Waals surface area contributed by atoms with Gasteiger partial charge in [-0.3, -0.25) is 20.1 Å². The van der Waals surface area contributed by atoms with Crippen LogP contribution in [0.3, 0.4) is 0 Å². The van der Waals surface area contributed by atoms with E-state index < -0.39 is 0 Å². The molecule has 0 radical (unpaired) electrons. The molecular formula is C21H31N5O. The number of nitrogens with zero attached hydrogens (tertiary/aromatic N) is 3. The average Bonchev–Trinajstić information content (AvgIpc) is 2.92. The number of hydrogen-bond acceptors (Lipinski definition) is 6. The first-order chi connectivity index (χ1) is 13.0. The van der Waals surface area contributed by atoms with E-state index in [-0.39, 0.29) is 18.1 Å². The Labute approximate surface area is 162 Å². The molecule has 6 heteroatoms. The van der Waals surface area contributed by atoms with Crippen molar-refractivity contribution in [2.45, 2.75) is 57.6 Å². The molecule has 4 rings (SSSR count). The Morgan fingerprint density at radius 1 is 1.26 bits per heavy atom. The summed E-state index contributed by atoms with van der Waals surface area (Å²) in [6.07, 6.45) is 9.07. The number of aromatic hydroxyl groups is 1. The zero-order valence-corrected chi connectivity index (χ0v) is 16.5. The fourth-order valence-electron chi connectivity index (χ4n) is 4.69. The molecule has 1 aromatic heterocycles. The van der Waals surface area contributed by atoms with Crippen LogP contribution in [0.5, 0.6) is 5.75 Å². The third kappa shape index (κ3) is 3.67. The van der Waals surface area contributed by atoms with Gasteiger partial charge in [0.15, 0.2) is 0 Å². The van der Waals surface area contributed by atoms with E-state index >= 15 is 0 Å². The Balaban J connectivity index is 1.62. The second-order valence-electron chi connectivity index (χ2n) is 8.05. The summed E-state index contributed by atoms with van der Waals surface area (Å²) in [5.74, 6) is 0.277. The minimum absolute atomic E-state index is 0.121. The van der Waals surface area contributed by atoms with E-state index in [9.17, 15) is 5.11 Å². The van der Waals surface area contributed by atoms with Crippen molar-refractivity contribution in [1.82, 2.24) is 25.4 Å². The minimum atomic E-state index is 0.121. The van der Waals surface area contributed by atoms with Crippen molar-refractivity contribution in [2.75, 3.05) is 20.1 Å². The second-order valence-corrected chi connectivity index (χ2v) is 8.05. The van der Waals surface area contributed by atoms with Crippen molar-refractivity contribution < 1.29 is 5.11 Å². The highest BCUT2D eigenvalue weighted by atomic mass is 16.3. The normalized spacial score (nSPS) is 29.7. The molecule has 1 aliphatic carbocycles. The summed E-state index contributed by atoms with van der Waals surface area (Å²) in [7, 11) is 2.20. The smallest absolute Gasteiger partial charge is 0.138 e. The molecule has 0 saturated carbocycles. The van der Waals surface area contributed by atoms with Crippen LogP contribution >= 0.6 is 0 Å². The van der Waals surface area contributed by atoms with Gasteiger partial charge in [-0.1, -0.05) is 23.8 Å². The van der Waals surface area contributed by atoms with Crippen molar-refractivity contribution in [3.63, 3.8) is 0 Å². The maximum Gasteiger partial charge on any atom is 0.138 e. The average molecular weight is 370 g/mol. The molecular weight excluding hydrogens is 338 g/mol. The molecule has 2 fully saturated rings. The first-order valence-corrected chi connectivity index (χ1v) is 9.99. The molecule has 2 saturated heterocycles. The van der Waals surface area contributed by atoms with Crippen LogP contribution in [-0.2, 0) is 6.54 Å². The standard InChI is InChI=1S/C21H31N5O/c1-14-5-4-6-18-20(14)25(3)21(24-16-9-11-22-12-10-16)26(18)13-17-19(27)8-7-15(2)23-17/h4-8,16,18,20-22,24,27H,9-13H2,1-3H3. The summed E-state index contributed by atoms with van der Waals surface area (Å²) in [6.45, 7) is 6.95. The van der Waals surface area contributed by atoms with E-state index in [4.69, 9.17) is 0 Å². The van der Waals surface area contributed by atoms with Gasteiger partial charge in [0.1, 0.15) is 12.0 Å². The number of hydrogen-bond donors (Lipinski definition) is 3. The summed E-state index contributed by atoms with van der Waals surface area (Å²) in [5, 5.41) is 17.7. The summed E-state index contributed by atoms with van der Waals surface area (Å²) < 4.78 is 0. The van der Waals surface area contributed by atoms with Crippen molar-refractivity contribution in [2.24, 2.45) is 0 Å². The van der Waals surface area contributed by atoms with Gasteiger partial charge in [-0.25, -0.2) is 0 Å². The van der Waals surface area contributed by atoms with Gasteiger partial charge in [0.2, 0.25) is 0 Å². The first-order valence-electron chi connectivity index (χ1n) is 9.99. The molecule has 3 heterocycles. The van der Waals surface area contributed by atoms with Crippen molar-refractivity contribution >= 4 is 0 Å². The monoisotopic (exact) mass is 369 g/mol. The number of likely N-dealkylation sites (N-methyl/N-ethyl adjacent to an activating group) is 1. The van der Waals surface area contributed by atoms with Gasteiger partial charge in [0, 0.05) is 18.3 Å². The molecule has 0 bridgehead atoms. The van der Waals surface area contributed by atoms with Crippen LogP contribution in [0, 0.1) is 6.92 Å². The van der Waals surface area contributed by atoms with E-state index in [0.717, 1.165) is 37.3 Å². The van der Waals surface area contributed by atoms with Crippen LogP contribution in [-0.4, -0.2) is 64.4 Å². The van der Waals surface area contributed by atoms with Crippen molar-refractivity contribution in [1.29, 1.82) is 0 Å². The number of piperidine rings is 1. The highest BCUT2D eigenvalue weighted by molar-refractivity contribution is 5.32. The number of aryl methyl sites for hydroxylation is 1. The van der Waals surface area contributed by atoms with Gasteiger partial charge in [0.05, 0.1) is 17.8 Å². The van der Waals surface area contributed by atoms with E-state index in [0.29, 0.717) is 18.6 Å². The predicted molar refractivity (Wildman–Crippen MR) is 107 cm³/mol. The number of allylic oxidation sites excluding steroid dienone is 2. The van der Waals surface area contributed by atoms with E-state index in [2.05, 4.69) is 57.6 Å². The van der Waals surface area contributed by atoms with Crippen LogP contribution in [0.4, 0.5) is 0 Å². The Morgan fingerprint density at radius 3 is 2.81 bits per heavy atom. The maximum atomic E-state index is 10.4. The predicted octanol–water partition coefficient (Wildman–Crippen LogP) is 1.72. The zero-order valence-electron chi connectivity index (χ0n) is 16.5. The first kappa shape index (κ1) is 18.6. The lowest BCUT2D eigenvalue weighted by atomic mass is 9.95. The van der Waals surface area contributed by atoms with Gasteiger partial charge in [-0.15, -0.1) is 0 Å². The lowest BCUT2D eigenvalue weighted by molar-refractivity contribution is 0.0828. The summed E-state index contributed by atoms with van der Waals surface area (Å²) >= 11 is 0. The topological polar surface area (TPSA) is 63.7 Å². The van der Waals surface area contributed by atoms with Crippen LogP contribution in [0.25, 0.3) is 0 Å². The van der Waals surface area contributed by atoms with Gasteiger partial charge in [0.25, 0.3) is 0 Å². The lowest BCUT2D eigenvalue weighted by Gasteiger charge is -2.35. The number of rotatable bonds is 4. The Morgan fingerprint density at radius 2 is 2.04 bits per heavy atom. The molecule has 0 spiro atoms. The number of aromatic nitrogens is 1. The molecule has 0 aromatic carbocycles. The van der Waals surface area contributed by atoms with Gasteiger partial charge in [-0.05, 0) is 59.0 Å². The highest BCUT2D eigenvalue weighted by Crippen LogP contribution is 2.34. The van der Waals surface area contributed by atoms with E-state index in [1.165, 1.54) is 5.57 Å². The molecule has 3 unspecified atom stereocenters. The molecule has 3 atom stereocenters. The zero-order chi connectivity index (χ0) is 19.0. The Hall–Kier alpha value is -1.73. The Kier molecular flexibility index (Phi) is 5.32. The summed E-state index contributed by atoms with van der Waals surface area (Å²) in [5.41, 5.74) is 3.07. The SMILES string of the molecule is CC1=CC=CC2C1N(C)C(NC1CCNCC1)N2Cc1nc(C)ccc1O. The number of pyridine rings is 1. The molecule has 2 aliphatic heterocycles. The van der Waals surface area contributed by atoms with Gasteiger partial charge >= 0.3 is 0 Å². The molecule has 3 aliphatic rings. The summed E-state index contributed by atoms with van der Waals surface area (Å²) in [4.78, 5) is 9.50. The quantitative estimate of drug-likeness (QED) is 0.751. The van der Waals surface area contributed by atoms with Crippen molar-refractivity contribution in [3.05, 3.63) is 47.3 Å². The van der Waals surface area contributed by atoms with E-state index in [1.54, 1.807) is 6.07 Å². The second kappa shape index (κ2) is 7.72. The maximum absolute atomic E-state index is 10.4. The van der Waals surface area contributed by atoms with Crippen LogP contribution < -0.4 is 10.6 Å². The number of fused-ring (bicyclic) bond motifs is 1. The van der Waals surface area contributed by atoms with Crippen LogP contribution in [0.1, 0.15) is 31.2 Å². The Bertz CT molecular complexity index is 740. The van der Waals surface area contributed by atoms with E-state index in [1.807, 2.05) is 13.0 Å². The molecule has 3 N–H and O–H groups in total. The largest absolute Gasteiger partial charge is 0.506 e. The van der Waals surface area contributed by atoms with Gasteiger partial charge in [-0.2, -0.15) is 0 Å². The van der Waals surface area contributed by atoms with Crippen LogP contribution in [0.2, 0.25) is 0 Å². The minimum Gasteiger partial charge on any atom is -0.506 e. The molecule has 146 valence electrons. The molecule has 6 nitrogen and oxygen atoms in total. The summed E-state index contributed by atoms with van der Waals surface area (Å²) in [6, 6.07) is 4.75.